The van der Waals surface area contributed by atoms with E-state index in [1.165, 1.54) is 6.08 Å². The predicted molar refractivity (Wildman–Crippen MR) is 41.1 cm³/mol. The number of carboxylic acid groups (broad SMARTS) is 1. The Bertz CT molecular complexity index is 209. The maximum Gasteiger partial charge on any atom is 0.349 e. The molecule has 0 saturated carbocycles. The summed E-state index contributed by atoms with van der Waals surface area (Å²) in [6.45, 7) is 3.68. The normalized spacial score (nSPS) is 9.67. The van der Waals surface area contributed by atoms with Crippen LogP contribution in [-0.2, 0) is 14.4 Å². The lowest BCUT2D eigenvalue weighted by atomic mass is 10.5. The maximum absolute atomic E-state index is 10.6. The molecule has 0 aliphatic heterocycles. The summed E-state index contributed by atoms with van der Waals surface area (Å²) in [4.78, 5) is 24.8. The molecule has 0 bridgehead atoms. The molecule has 0 heterocycles. The molecule has 0 rings (SSSR count). The van der Waals surface area contributed by atoms with Gasteiger partial charge in [-0.15, -0.1) is 12.1 Å². The zero-order valence-corrected chi connectivity index (χ0v) is 6.32. The van der Waals surface area contributed by atoms with Gasteiger partial charge in [0.2, 0.25) is 0 Å². The molecule has 0 radical (unpaired) electrons. The van der Waals surface area contributed by atoms with Crippen LogP contribution in [-0.4, -0.2) is 23.6 Å². The summed E-state index contributed by atoms with van der Waals surface area (Å²) in [6, 6.07) is 0. The van der Waals surface area contributed by atoms with Gasteiger partial charge in [0, 0.05) is 18.7 Å². The van der Waals surface area contributed by atoms with E-state index in [2.05, 4.69) is 16.9 Å². The van der Waals surface area contributed by atoms with Crippen LogP contribution in [0.25, 0.3) is 0 Å². The van der Waals surface area contributed by atoms with Crippen LogP contribution in [0, 0.1) is 0 Å². The Morgan fingerprint density at radius 2 is 2.17 bits per heavy atom. The number of carbonyl (C=O) groups is 2. The molecule has 5 nitrogen and oxygen atoms in total. The SMILES string of the molecule is C=CCNOC(=O)C=CC(=O)O. The second-order valence-electron chi connectivity index (χ2n) is 1.73. The van der Waals surface area contributed by atoms with Crippen molar-refractivity contribution in [1.29, 1.82) is 0 Å². The summed E-state index contributed by atoms with van der Waals surface area (Å²) in [6.07, 6.45) is 2.99. The van der Waals surface area contributed by atoms with Crippen LogP contribution in [0.2, 0.25) is 0 Å². The highest BCUT2D eigenvalue weighted by molar-refractivity contribution is 5.90. The summed E-state index contributed by atoms with van der Waals surface area (Å²) in [5, 5.41) is 8.10. The molecule has 0 aliphatic rings. The fourth-order valence-corrected chi connectivity index (χ4v) is 0.345. The van der Waals surface area contributed by atoms with Crippen molar-refractivity contribution in [3.8, 4) is 0 Å². The smallest absolute Gasteiger partial charge is 0.349 e. The van der Waals surface area contributed by atoms with Gasteiger partial charge in [0.25, 0.3) is 0 Å². The molecule has 0 saturated heterocycles. The number of hydrogen-bond acceptors (Lipinski definition) is 4. The molecular weight excluding hydrogens is 162 g/mol. The second kappa shape index (κ2) is 6.11. The van der Waals surface area contributed by atoms with Gasteiger partial charge in [-0.25, -0.2) is 9.59 Å². The molecule has 0 unspecified atom stereocenters. The summed E-state index contributed by atoms with van der Waals surface area (Å²) in [5.74, 6) is -1.96. The highest BCUT2D eigenvalue weighted by atomic mass is 16.7. The molecule has 0 spiro atoms. The molecule has 0 fully saturated rings. The molecule has 0 aliphatic carbocycles. The average molecular weight is 171 g/mol. The van der Waals surface area contributed by atoms with Crippen LogP contribution in [0.5, 0.6) is 0 Å². The van der Waals surface area contributed by atoms with Gasteiger partial charge >= 0.3 is 11.9 Å². The minimum atomic E-state index is -1.20. The van der Waals surface area contributed by atoms with E-state index >= 15 is 0 Å². The van der Waals surface area contributed by atoms with Gasteiger partial charge in [-0.05, 0) is 0 Å². The average Bonchev–Trinajstić information content (AvgIpc) is 2.01. The predicted octanol–water partition coefficient (Wildman–Crippen LogP) is -0.139. The molecule has 12 heavy (non-hydrogen) atoms. The minimum Gasteiger partial charge on any atom is -0.478 e. The van der Waals surface area contributed by atoms with Crippen molar-refractivity contribution in [3.63, 3.8) is 0 Å². The van der Waals surface area contributed by atoms with Crippen molar-refractivity contribution in [3.05, 3.63) is 24.8 Å². The van der Waals surface area contributed by atoms with E-state index in [0.29, 0.717) is 12.6 Å². The number of hydroxylamine groups is 1. The lowest BCUT2D eigenvalue weighted by molar-refractivity contribution is -0.144. The molecule has 0 aromatic carbocycles. The Morgan fingerprint density at radius 1 is 1.50 bits per heavy atom. The van der Waals surface area contributed by atoms with Gasteiger partial charge in [-0.3, -0.25) is 0 Å². The monoisotopic (exact) mass is 171 g/mol. The van der Waals surface area contributed by atoms with Crippen molar-refractivity contribution in [1.82, 2.24) is 5.48 Å². The van der Waals surface area contributed by atoms with Gasteiger partial charge in [0.05, 0.1) is 0 Å². The van der Waals surface area contributed by atoms with Crippen LogP contribution in [0.3, 0.4) is 0 Å². The molecule has 0 atom stereocenters. The Labute approximate surface area is 69.3 Å². The van der Waals surface area contributed by atoms with E-state index in [1.54, 1.807) is 0 Å². The van der Waals surface area contributed by atoms with Gasteiger partial charge in [-0.2, -0.15) is 0 Å². The van der Waals surface area contributed by atoms with Crippen LogP contribution >= 0.6 is 0 Å². The van der Waals surface area contributed by atoms with E-state index in [9.17, 15) is 9.59 Å². The molecule has 2 N–H and O–H groups in total. The Kier molecular flexibility index (Phi) is 5.29. The standard InChI is InChI=1S/C7H9NO4/c1-2-5-8-12-7(11)4-3-6(9)10/h2-4,8H,1,5H2,(H,9,10). The minimum absolute atomic E-state index is 0.312. The lowest BCUT2D eigenvalue weighted by Crippen LogP contribution is -2.18. The van der Waals surface area contributed by atoms with E-state index in [-0.39, 0.29) is 0 Å². The third-order valence-electron chi connectivity index (χ3n) is 0.762. The lowest BCUT2D eigenvalue weighted by Gasteiger charge is -1.97. The van der Waals surface area contributed by atoms with Crippen molar-refractivity contribution >= 4 is 11.9 Å². The Balaban J connectivity index is 3.59. The summed E-state index contributed by atoms with van der Waals surface area (Å²) in [7, 11) is 0. The molecule has 66 valence electrons. The number of aliphatic carboxylic acids is 1. The van der Waals surface area contributed by atoms with E-state index in [4.69, 9.17) is 5.11 Å². The van der Waals surface area contributed by atoms with Gasteiger partial charge in [0.1, 0.15) is 0 Å². The molecule has 5 heteroatoms. The van der Waals surface area contributed by atoms with Crippen molar-refractivity contribution in [2.45, 2.75) is 0 Å². The third kappa shape index (κ3) is 6.50. The quantitative estimate of drug-likeness (QED) is 0.260. The number of nitrogens with one attached hydrogen (secondary N) is 1. The largest absolute Gasteiger partial charge is 0.478 e. The fourth-order valence-electron chi connectivity index (χ4n) is 0.345. The van der Waals surface area contributed by atoms with Gasteiger partial charge < -0.3 is 9.94 Å². The van der Waals surface area contributed by atoms with E-state index in [0.717, 1.165) is 6.08 Å². The van der Waals surface area contributed by atoms with Crippen molar-refractivity contribution in [2.24, 2.45) is 0 Å². The van der Waals surface area contributed by atoms with E-state index in [1.807, 2.05) is 0 Å². The van der Waals surface area contributed by atoms with Gasteiger partial charge in [-0.1, -0.05) is 6.08 Å². The Morgan fingerprint density at radius 3 is 2.67 bits per heavy atom. The summed E-state index contributed by atoms with van der Waals surface area (Å²) in [5.41, 5.74) is 2.25. The second-order valence-corrected chi connectivity index (χ2v) is 1.73. The first-order valence-corrected chi connectivity index (χ1v) is 3.12. The first-order chi connectivity index (χ1) is 5.66. The van der Waals surface area contributed by atoms with Crippen LogP contribution in [0.15, 0.2) is 24.8 Å². The van der Waals surface area contributed by atoms with Crippen LogP contribution < -0.4 is 5.48 Å². The highest BCUT2D eigenvalue weighted by Crippen LogP contribution is 1.78. The molecular formula is C7H9NO4. The Hall–Kier alpha value is -1.62. The first kappa shape index (κ1) is 10.4. The summed E-state index contributed by atoms with van der Waals surface area (Å²) < 4.78 is 0. The molecule has 0 aromatic rings. The number of carbonyl (C=O) groups excluding carboxylic acids is 1. The number of hydrogen-bond donors (Lipinski definition) is 2. The van der Waals surface area contributed by atoms with E-state index < -0.39 is 11.9 Å². The summed E-state index contributed by atoms with van der Waals surface area (Å²) >= 11 is 0. The third-order valence-corrected chi connectivity index (χ3v) is 0.762. The molecule has 0 aromatic heterocycles. The van der Waals surface area contributed by atoms with Crippen molar-refractivity contribution in [2.75, 3.05) is 6.54 Å². The maximum atomic E-state index is 10.6. The van der Waals surface area contributed by atoms with Crippen molar-refractivity contribution < 1.29 is 19.5 Å². The zero-order valence-electron chi connectivity index (χ0n) is 6.32. The highest BCUT2D eigenvalue weighted by Gasteiger charge is 1.95. The van der Waals surface area contributed by atoms with Crippen LogP contribution in [0.1, 0.15) is 0 Å². The number of rotatable bonds is 5. The number of carboxylic acids is 1. The molecule has 0 amide bonds. The fraction of sp³-hybridized carbons (Fsp3) is 0.143. The van der Waals surface area contributed by atoms with Crippen LogP contribution in [0.4, 0.5) is 0 Å². The first-order valence-electron chi connectivity index (χ1n) is 3.12. The topological polar surface area (TPSA) is 75.6 Å². The zero-order chi connectivity index (χ0) is 9.40. The van der Waals surface area contributed by atoms with Gasteiger partial charge in [0.15, 0.2) is 0 Å².